The van der Waals surface area contributed by atoms with E-state index in [0.29, 0.717) is 12.3 Å². The molecule has 0 fully saturated rings. The van der Waals surface area contributed by atoms with Crippen LogP contribution in [0.4, 0.5) is 11.4 Å². The Morgan fingerprint density at radius 2 is 2.05 bits per heavy atom. The topological polar surface area (TPSA) is 93.4 Å². The minimum Gasteiger partial charge on any atom is -0.397 e. The Hall–Kier alpha value is -1.31. The van der Waals surface area contributed by atoms with Gasteiger partial charge in [0, 0.05) is 19.8 Å². The van der Waals surface area contributed by atoms with Crippen LogP contribution in [-0.2, 0) is 14.8 Å². The maximum Gasteiger partial charge on any atom is 0.240 e. The second-order valence-electron chi connectivity index (χ2n) is 4.35. The summed E-state index contributed by atoms with van der Waals surface area (Å²) in [5, 5.41) is 3.17. The van der Waals surface area contributed by atoms with E-state index in [9.17, 15) is 8.42 Å². The fraction of sp³-hybridized carbons (Fsp3) is 0.538. The van der Waals surface area contributed by atoms with Crippen molar-refractivity contribution in [3.05, 3.63) is 18.2 Å². The number of sulfonamides is 1. The minimum atomic E-state index is -3.45. The van der Waals surface area contributed by atoms with Gasteiger partial charge in [0.15, 0.2) is 0 Å². The van der Waals surface area contributed by atoms with E-state index >= 15 is 0 Å². The summed E-state index contributed by atoms with van der Waals surface area (Å²) in [6.45, 7) is 4.28. The Morgan fingerprint density at radius 1 is 1.30 bits per heavy atom. The molecule has 20 heavy (non-hydrogen) atoms. The van der Waals surface area contributed by atoms with E-state index in [2.05, 4.69) is 17.0 Å². The average Bonchev–Trinajstić information content (AvgIpc) is 2.44. The van der Waals surface area contributed by atoms with Gasteiger partial charge in [0.05, 0.1) is 16.3 Å². The Labute approximate surface area is 120 Å². The highest BCUT2D eigenvalue weighted by Gasteiger charge is 2.12. The summed E-state index contributed by atoms with van der Waals surface area (Å²) in [6, 6.07) is 4.65. The zero-order valence-corrected chi connectivity index (χ0v) is 12.8. The summed E-state index contributed by atoms with van der Waals surface area (Å²) in [4.78, 5) is 0.161. The Bertz CT molecular complexity index is 518. The predicted molar refractivity (Wildman–Crippen MR) is 81.3 cm³/mol. The summed E-state index contributed by atoms with van der Waals surface area (Å²) >= 11 is 0. The first-order valence-electron chi connectivity index (χ1n) is 6.66. The Morgan fingerprint density at radius 3 is 2.65 bits per heavy atom. The monoisotopic (exact) mass is 301 g/mol. The van der Waals surface area contributed by atoms with E-state index in [4.69, 9.17) is 10.5 Å². The SMILES string of the molecule is CCCOCCCNc1ccc(S(=O)(=O)NC)cc1N. The lowest BCUT2D eigenvalue weighted by molar-refractivity contribution is 0.134. The molecule has 0 spiro atoms. The molecule has 0 atom stereocenters. The van der Waals surface area contributed by atoms with Crippen LogP contribution in [-0.4, -0.2) is 35.2 Å². The lowest BCUT2D eigenvalue weighted by Gasteiger charge is -2.11. The standard InChI is InChI=1S/C13H23N3O3S/c1-3-8-19-9-4-7-16-13-6-5-11(10-12(13)14)20(17,18)15-2/h5-6,10,15-16H,3-4,7-9,14H2,1-2H3. The number of rotatable bonds is 9. The van der Waals surface area contributed by atoms with Crippen molar-refractivity contribution in [2.75, 3.05) is 37.9 Å². The minimum absolute atomic E-state index is 0.161. The number of hydrogen-bond donors (Lipinski definition) is 3. The van der Waals surface area contributed by atoms with Gasteiger partial charge < -0.3 is 15.8 Å². The van der Waals surface area contributed by atoms with E-state index in [-0.39, 0.29) is 4.90 Å². The highest BCUT2D eigenvalue weighted by molar-refractivity contribution is 7.89. The lowest BCUT2D eigenvalue weighted by Crippen LogP contribution is -2.19. The molecule has 7 heteroatoms. The van der Waals surface area contributed by atoms with E-state index in [1.54, 1.807) is 6.07 Å². The van der Waals surface area contributed by atoms with Crippen LogP contribution in [0, 0.1) is 0 Å². The zero-order valence-electron chi connectivity index (χ0n) is 12.0. The van der Waals surface area contributed by atoms with Gasteiger partial charge in [0.25, 0.3) is 0 Å². The smallest absolute Gasteiger partial charge is 0.240 e. The maximum absolute atomic E-state index is 11.6. The van der Waals surface area contributed by atoms with Crippen LogP contribution in [0.3, 0.4) is 0 Å². The zero-order chi connectivity index (χ0) is 15.0. The molecule has 114 valence electrons. The normalized spacial score (nSPS) is 11.5. The highest BCUT2D eigenvalue weighted by atomic mass is 32.2. The van der Waals surface area contributed by atoms with Crippen LogP contribution >= 0.6 is 0 Å². The van der Waals surface area contributed by atoms with Gasteiger partial charge in [0.1, 0.15) is 0 Å². The summed E-state index contributed by atoms with van der Waals surface area (Å²) in [5.74, 6) is 0. The van der Waals surface area contributed by atoms with Crippen LogP contribution in [0.2, 0.25) is 0 Å². The second-order valence-corrected chi connectivity index (χ2v) is 6.24. The van der Waals surface area contributed by atoms with Crippen molar-refractivity contribution in [2.24, 2.45) is 0 Å². The molecule has 0 aromatic heterocycles. The van der Waals surface area contributed by atoms with Crippen molar-refractivity contribution >= 4 is 21.4 Å². The van der Waals surface area contributed by atoms with Gasteiger partial charge in [-0.2, -0.15) is 0 Å². The number of hydrogen-bond acceptors (Lipinski definition) is 5. The number of nitrogens with one attached hydrogen (secondary N) is 2. The Balaban J connectivity index is 2.53. The molecule has 0 bridgehead atoms. The first-order valence-corrected chi connectivity index (χ1v) is 8.14. The third-order valence-corrected chi connectivity index (χ3v) is 4.14. The molecular formula is C13H23N3O3S. The van der Waals surface area contributed by atoms with E-state index in [1.807, 2.05) is 0 Å². The molecule has 6 nitrogen and oxygen atoms in total. The van der Waals surface area contributed by atoms with E-state index in [1.165, 1.54) is 19.2 Å². The van der Waals surface area contributed by atoms with Crippen molar-refractivity contribution in [1.82, 2.24) is 4.72 Å². The van der Waals surface area contributed by atoms with Crippen LogP contribution in [0.15, 0.2) is 23.1 Å². The van der Waals surface area contributed by atoms with Gasteiger partial charge in [-0.1, -0.05) is 6.92 Å². The van der Waals surface area contributed by atoms with Crippen LogP contribution in [0.5, 0.6) is 0 Å². The summed E-state index contributed by atoms with van der Waals surface area (Å²) < 4.78 is 30.9. The lowest BCUT2D eigenvalue weighted by atomic mass is 10.2. The third-order valence-electron chi connectivity index (χ3n) is 2.73. The van der Waals surface area contributed by atoms with E-state index < -0.39 is 10.0 Å². The Kier molecular flexibility index (Phi) is 6.77. The molecule has 1 aromatic rings. The molecule has 0 saturated carbocycles. The average molecular weight is 301 g/mol. The first kappa shape index (κ1) is 16.7. The van der Waals surface area contributed by atoms with Gasteiger partial charge in [-0.25, -0.2) is 13.1 Å². The fourth-order valence-corrected chi connectivity index (χ4v) is 2.40. The van der Waals surface area contributed by atoms with Gasteiger partial charge in [-0.3, -0.25) is 0 Å². The molecule has 1 rings (SSSR count). The summed E-state index contributed by atoms with van der Waals surface area (Å²) in [7, 11) is -2.08. The van der Waals surface area contributed by atoms with Gasteiger partial charge in [-0.15, -0.1) is 0 Å². The molecule has 0 aliphatic heterocycles. The van der Waals surface area contributed by atoms with Crippen LogP contribution < -0.4 is 15.8 Å². The molecule has 1 aromatic carbocycles. The number of nitrogen functional groups attached to an aromatic ring is 1. The fourth-order valence-electron chi connectivity index (χ4n) is 1.63. The molecule has 0 heterocycles. The van der Waals surface area contributed by atoms with Crippen molar-refractivity contribution < 1.29 is 13.2 Å². The van der Waals surface area contributed by atoms with Gasteiger partial charge >= 0.3 is 0 Å². The number of ether oxygens (including phenoxy) is 1. The number of anilines is 2. The van der Waals surface area contributed by atoms with Crippen molar-refractivity contribution in [2.45, 2.75) is 24.7 Å². The van der Waals surface area contributed by atoms with Crippen molar-refractivity contribution in [3.63, 3.8) is 0 Å². The summed E-state index contributed by atoms with van der Waals surface area (Å²) in [5.41, 5.74) is 6.99. The largest absolute Gasteiger partial charge is 0.397 e. The molecule has 0 unspecified atom stereocenters. The molecule has 0 aliphatic rings. The predicted octanol–water partition coefficient (Wildman–Crippen LogP) is 1.41. The van der Waals surface area contributed by atoms with Crippen molar-refractivity contribution in [1.29, 1.82) is 0 Å². The van der Waals surface area contributed by atoms with Gasteiger partial charge in [-0.05, 0) is 38.1 Å². The quantitative estimate of drug-likeness (QED) is 0.473. The molecular weight excluding hydrogens is 278 g/mol. The van der Waals surface area contributed by atoms with Crippen LogP contribution in [0.25, 0.3) is 0 Å². The number of benzene rings is 1. The highest BCUT2D eigenvalue weighted by Crippen LogP contribution is 2.22. The van der Waals surface area contributed by atoms with Crippen LogP contribution in [0.1, 0.15) is 19.8 Å². The maximum atomic E-state index is 11.6. The van der Waals surface area contributed by atoms with Gasteiger partial charge in [0.2, 0.25) is 10.0 Å². The molecule has 0 saturated heterocycles. The third kappa shape index (κ3) is 4.99. The summed E-state index contributed by atoms with van der Waals surface area (Å²) in [6.07, 6.45) is 1.89. The van der Waals surface area contributed by atoms with E-state index in [0.717, 1.165) is 31.7 Å². The molecule has 0 radical (unpaired) electrons. The van der Waals surface area contributed by atoms with Crippen molar-refractivity contribution in [3.8, 4) is 0 Å². The second kappa shape index (κ2) is 8.08. The molecule has 0 aliphatic carbocycles. The molecule has 0 amide bonds. The molecule has 4 N–H and O–H groups in total. The number of nitrogens with two attached hydrogens (primary N) is 1. The first-order chi connectivity index (χ1) is 9.51.